The van der Waals surface area contributed by atoms with Gasteiger partial charge in [0.05, 0.1) is 10.7 Å². The molecule has 1 aromatic carbocycles. The lowest BCUT2D eigenvalue weighted by molar-refractivity contribution is 0.554. The molecule has 12 heavy (non-hydrogen) atoms. The third-order valence-corrected chi connectivity index (χ3v) is 1.95. The molecule has 0 saturated heterocycles. The highest BCUT2D eigenvalue weighted by Gasteiger charge is 2.05. The number of anilines is 1. The SMILES string of the molecule is CN([C]=O)c1ccc(Cl)cc1Cl. The quantitative estimate of drug-likeness (QED) is 0.676. The van der Waals surface area contributed by atoms with Crippen molar-refractivity contribution in [2.45, 2.75) is 0 Å². The van der Waals surface area contributed by atoms with Crippen molar-refractivity contribution in [3.05, 3.63) is 28.2 Å². The van der Waals surface area contributed by atoms with Gasteiger partial charge in [0, 0.05) is 12.1 Å². The molecule has 0 aliphatic carbocycles. The Balaban J connectivity index is 3.09. The van der Waals surface area contributed by atoms with Crippen LogP contribution in [0.3, 0.4) is 0 Å². The van der Waals surface area contributed by atoms with Crippen molar-refractivity contribution in [2.24, 2.45) is 0 Å². The van der Waals surface area contributed by atoms with E-state index in [0.29, 0.717) is 15.7 Å². The summed E-state index contributed by atoms with van der Waals surface area (Å²) in [5, 5.41) is 0.983. The molecule has 1 rings (SSSR count). The van der Waals surface area contributed by atoms with Crippen LogP contribution in [0, 0.1) is 0 Å². The van der Waals surface area contributed by atoms with E-state index in [-0.39, 0.29) is 0 Å². The molecule has 0 heterocycles. The predicted octanol–water partition coefficient (Wildman–Crippen LogP) is 2.50. The van der Waals surface area contributed by atoms with Crippen LogP contribution in [-0.4, -0.2) is 13.5 Å². The van der Waals surface area contributed by atoms with Crippen molar-refractivity contribution in [1.29, 1.82) is 0 Å². The van der Waals surface area contributed by atoms with Gasteiger partial charge in [-0.15, -0.1) is 0 Å². The fourth-order valence-corrected chi connectivity index (χ4v) is 1.34. The molecule has 2 nitrogen and oxygen atoms in total. The first-order chi connectivity index (χ1) is 5.65. The van der Waals surface area contributed by atoms with Crippen LogP contribution in [0.25, 0.3) is 0 Å². The maximum absolute atomic E-state index is 10.3. The fraction of sp³-hybridized carbons (Fsp3) is 0.125. The maximum Gasteiger partial charge on any atom is 0.316 e. The summed E-state index contributed by atoms with van der Waals surface area (Å²) in [5.41, 5.74) is 0.594. The Labute approximate surface area is 80.7 Å². The highest BCUT2D eigenvalue weighted by molar-refractivity contribution is 6.36. The van der Waals surface area contributed by atoms with Crippen LogP contribution in [0.15, 0.2) is 18.2 Å². The fourth-order valence-electron chi connectivity index (χ4n) is 0.802. The lowest BCUT2D eigenvalue weighted by Crippen LogP contribution is -2.13. The van der Waals surface area contributed by atoms with E-state index in [1.807, 2.05) is 0 Å². The normalized spacial score (nSPS) is 9.58. The zero-order valence-corrected chi connectivity index (χ0v) is 7.86. The highest BCUT2D eigenvalue weighted by Crippen LogP contribution is 2.26. The van der Waals surface area contributed by atoms with Gasteiger partial charge >= 0.3 is 6.41 Å². The van der Waals surface area contributed by atoms with Crippen LogP contribution in [0.4, 0.5) is 5.69 Å². The number of hydrogen-bond donors (Lipinski definition) is 0. The Kier molecular flexibility index (Phi) is 2.95. The Bertz CT molecular complexity index is 301. The Morgan fingerprint density at radius 1 is 1.42 bits per heavy atom. The Morgan fingerprint density at radius 2 is 2.08 bits per heavy atom. The van der Waals surface area contributed by atoms with E-state index < -0.39 is 0 Å². The number of rotatable bonds is 2. The first-order valence-corrected chi connectivity index (χ1v) is 3.97. The van der Waals surface area contributed by atoms with Gasteiger partial charge < -0.3 is 4.90 Å². The molecule has 1 amide bonds. The number of carbonyl (C=O) groups excluding carboxylic acids is 1. The first kappa shape index (κ1) is 9.36. The molecule has 0 aliphatic rings. The number of hydrogen-bond acceptors (Lipinski definition) is 1. The van der Waals surface area contributed by atoms with Gasteiger partial charge in [-0.25, -0.2) is 0 Å². The molecule has 1 radical (unpaired) electrons. The van der Waals surface area contributed by atoms with Crippen molar-refractivity contribution in [2.75, 3.05) is 11.9 Å². The molecular formula is C8H6Cl2NO. The van der Waals surface area contributed by atoms with Crippen molar-refractivity contribution in [1.82, 2.24) is 0 Å². The minimum absolute atomic E-state index is 0.438. The Hall–Kier alpha value is -0.730. The molecule has 0 aromatic heterocycles. The zero-order chi connectivity index (χ0) is 9.14. The summed E-state index contributed by atoms with van der Waals surface area (Å²) in [6.45, 7) is 0. The van der Waals surface area contributed by atoms with Crippen LogP contribution in [0.2, 0.25) is 10.0 Å². The van der Waals surface area contributed by atoms with E-state index in [2.05, 4.69) is 0 Å². The first-order valence-electron chi connectivity index (χ1n) is 3.21. The summed E-state index contributed by atoms with van der Waals surface area (Å²) in [6.07, 6.45) is 1.70. The number of amides is 1. The van der Waals surface area contributed by atoms with Gasteiger partial charge in [0.2, 0.25) is 0 Å². The predicted molar refractivity (Wildman–Crippen MR) is 50.6 cm³/mol. The summed E-state index contributed by atoms with van der Waals surface area (Å²) < 4.78 is 0. The molecule has 63 valence electrons. The summed E-state index contributed by atoms with van der Waals surface area (Å²) in [4.78, 5) is 11.5. The topological polar surface area (TPSA) is 20.3 Å². The van der Waals surface area contributed by atoms with E-state index in [1.165, 1.54) is 4.90 Å². The van der Waals surface area contributed by atoms with E-state index in [1.54, 1.807) is 31.7 Å². The van der Waals surface area contributed by atoms with Crippen LogP contribution in [0.1, 0.15) is 0 Å². The van der Waals surface area contributed by atoms with Gasteiger partial charge in [0.25, 0.3) is 0 Å². The van der Waals surface area contributed by atoms with E-state index in [9.17, 15) is 4.79 Å². The van der Waals surface area contributed by atoms with Crippen molar-refractivity contribution >= 4 is 35.3 Å². The zero-order valence-electron chi connectivity index (χ0n) is 6.34. The van der Waals surface area contributed by atoms with Crippen molar-refractivity contribution < 1.29 is 4.79 Å². The summed E-state index contributed by atoms with van der Waals surface area (Å²) in [7, 11) is 1.57. The Morgan fingerprint density at radius 3 is 2.58 bits per heavy atom. The molecule has 0 unspecified atom stereocenters. The average molecular weight is 203 g/mol. The van der Waals surface area contributed by atoms with Crippen molar-refractivity contribution in [3.8, 4) is 0 Å². The average Bonchev–Trinajstić information content (AvgIpc) is 2.03. The summed E-state index contributed by atoms with van der Waals surface area (Å²) in [6, 6.07) is 4.90. The summed E-state index contributed by atoms with van der Waals surface area (Å²) in [5.74, 6) is 0. The third-order valence-electron chi connectivity index (χ3n) is 1.41. The van der Waals surface area contributed by atoms with Gasteiger partial charge in [-0.1, -0.05) is 23.2 Å². The van der Waals surface area contributed by atoms with Gasteiger partial charge in [0.1, 0.15) is 0 Å². The molecule has 0 N–H and O–H groups in total. The molecule has 0 atom stereocenters. The molecule has 1 aromatic rings. The standard InChI is InChI=1S/C8H6Cl2NO/c1-11(5-12)8-3-2-6(9)4-7(8)10/h2-4H,1H3. The highest BCUT2D eigenvalue weighted by atomic mass is 35.5. The monoisotopic (exact) mass is 202 g/mol. The molecule has 4 heteroatoms. The van der Waals surface area contributed by atoms with Crippen LogP contribution in [-0.2, 0) is 4.79 Å². The molecule has 0 aliphatic heterocycles. The van der Waals surface area contributed by atoms with Gasteiger partial charge in [-0.3, -0.25) is 4.79 Å². The van der Waals surface area contributed by atoms with Crippen LogP contribution >= 0.6 is 23.2 Å². The second-order valence-electron chi connectivity index (χ2n) is 2.25. The van der Waals surface area contributed by atoms with Crippen LogP contribution in [0.5, 0.6) is 0 Å². The molecule has 0 bridgehead atoms. The summed E-state index contributed by atoms with van der Waals surface area (Å²) >= 11 is 11.5. The second kappa shape index (κ2) is 3.78. The maximum atomic E-state index is 10.3. The minimum Gasteiger partial charge on any atom is -0.306 e. The molecular weight excluding hydrogens is 197 g/mol. The smallest absolute Gasteiger partial charge is 0.306 e. The van der Waals surface area contributed by atoms with Gasteiger partial charge in [0.15, 0.2) is 0 Å². The largest absolute Gasteiger partial charge is 0.316 e. The molecule has 0 saturated carbocycles. The van der Waals surface area contributed by atoms with Crippen LogP contribution < -0.4 is 4.90 Å². The van der Waals surface area contributed by atoms with E-state index in [0.717, 1.165) is 0 Å². The lowest BCUT2D eigenvalue weighted by atomic mass is 10.3. The van der Waals surface area contributed by atoms with Gasteiger partial charge in [-0.05, 0) is 18.2 Å². The number of halogens is 2. The molecule has 0 fully saturated rings. The molecule has 0 spiro atoms. The number of benzene rings is 1. The van der Waals surface area contributed by atoms with E-state index in [4.69, 9.17) is 23.2 Å². The minimum atomic E-state index is 0.438. The van der Waals surface area contributed by atoms with Crippen molar-refractivity contribution in [3.63, 3.8) is 0 Å². The number of nitrogens with zero attached hydrogens (tertiary/aromatic N) is 1. The third kappa shape index (κ3) is 1.90. The second-order valence-corrected chi connectivity index (χ2v) is 3.09. The van der Waals surface area contributed by atoms with Gasteiger partial charge in [-0.2, -0.15) is 0 Å². The van der Waals surface area contributed by atoms with E-state index >= 15 is 0 Å². The lowest BCUT2D eigenvalue weighted by Gasteiger charge is -2.10.